The molecule has 1 saturated heterocycles. The molecule has 0 aromatic heterocycles. The number of nitrogens with zero attached hydrogens (tertiary/aromatic N) is 2. The lowest BCUT2D eigenvalue weighted by Gasteiger charge is -2.33. The lowest BCUT2D eigenvalue weighted by molar-refractivity contribution is -0.143. The van der Waals surface area contributed by atoms with E-state index in [-0.39, 0.29) is 31.7 Å². The van der Waals surface area contributed by atoms with Crippen LogP contribution >= 0.6 is 0 Å². The summed E-state index contributed by atoms with van der Waals surface area (Å²) in [6.45, 7) is 7.01. The fourth-order valence-corrected chi connectivity index (χ4v) is 11.4. The number of fused-ring (bicyclic) bond motifs is 5. The van der Waals surface area contributed by atoms with Gasteiger partial charge in [-0.15, -0.1) is 0 Å². The van der Waals surface area contributed by atoms with Crippen molar-refractivity contribution in [2.45, 2.75) is 158 Å². The molecule has 4 aliphatic carbocycles. The van der Waals surface area contributed by atoms with E-state index in [0.29, 0.717) is 31.4 Å². The number of allylic oxidation sites excluding steroid dienone is 1. The minimum atomic E-state index is -3.95. The van der Waals surface area contributed by atoms with Crippen molar-refractivity contribution in [2.24, 2.45) is 16.5 Å². The van der Waals surface area contributed by atoms with Crippen molar-refractivity contribution in [1.82, 2.24) is 25.6 Å². The molecule has 2 aliphatic heterocycles. The predicted molar refractivity (Wildman–Crippen MR) is 240 cm³/mol. The van der Waals surface area contributed by atoms with E-state index in [9.17, 15) is 27.6 Å². The van der Waals surface area contributed by atoms with E-state index in [2.05, 4.69) is 25.8 Å². The minimum absolute atomic E-state index is 0.00778. The molecular formula is C48H62N6O9S. The van der Waals surface area contributed by atoms with Gasteiger partial charge in [-0.2, -0.15) is 0 Å². The van der Waals surface area contributed by atoms with Crippen molar-refractivity contribution in [3.05, 3.63) is 71.8 Å². The highest BCUT2D eigenvalue weighted by molar-refractivity contribution is 7.91. The van der Waals surface area contributed by atoms with Crippen molar-refractivity contribution in [1.29, 1.82) is 0 Å². The molecule has 2 aromatic carbocycles. The van der Waals surface area contributed by atoms with Gasteiger partial charge in [0, 0.05) is 23.0 Å². The molecule has 3 saturated carbocycles. The van der Waals surface area contributed by atoms with Gasteiger partial charge in [0.15, 0.2) is 0 Å². The number of carbonyl (C=O) groups is 5. The van der Waals surface area contributed by atoms with E-state index in [1.807, 2.05) is 67.6 Å². The van der Waals surface area contributed by atoms with Crippen molar-refractivity contribution in [2.75, 3.05) is 6.54 Å². The second-order valence-corrected chi connectivity index (χ2v) is 21.7. The number of sulfonamides is 1. The van der Waals surface area contributed by atoms with Gasteiger partial charge in [-0.1, -0.05) is 105 Å². The molecule has 4 fully saturated rings. The monoisotopic (exact) mass is 898 g/mol. The van der Waals surface area contributed by atoms with Gasteiger partial charge in [0.25, 0.3) is 5.91 Å². The molecular weight excluding hydrogens is 837 g/mol. The van der Waals surface area contributed by atoms with Gasteiger partial charge < -0.3 is 30.4 Å². The average Bonchev–Trinajstić information content (AvgIpc) is 4.13. The SMILES string of the molecule is CC(C)(C)OC(=O)NC(C(=O)N[C@H]1CCCCC/C=C\[C@]2(C)C[C@]2(C(=O)NS(=O)(=O)C2CC2)NC(=O)[C@@H]2C[C@@H](ON=C3c4ccccc4-c4ccccc43)CN2C1=O)C1CCCCC1. The maximum absolute atomic E-state index is 15.1. The molecule has 6 aliphatic rings. The molecule has 0 bridgehead atoms. The molecule has 2 aromatic rings. The zero-order valence-corrected chi connectivity index (χ0v) is 38.1. The van der Waals surface area contributed by atoms with Gasteiger partial charge in [-0.3, -0.25) is 23.9 Å². The highest BCUT2D eigenvalue weighted by Crippen LogP contribution is 2.58. The molecule has 64 heavy (non-hydrogen) atoms. The number of hydrogen-bond donors (Lipinski definition) is 4. The lowest BCUT2D eigenvalue weighted by Crippen LogP contribution is -2.60. The summed E-state index contributed by atoms with van der Waals surface area (Å²) in [4.78, 5) is 79.2. The number of ether oxygens (including phenoxy) is 1. The molecule has 6 atom stereocenters. The number of amides is 5. The van der Waals surface area contributed by atoms with Gasteiger partial charge in [0.1, 0.15) is 41.1 Å². The smallest absolute Gasteiger partial charge is 0.408 e. The molecule has 16 heteroatoms. The average molecular weight is 899 g/mol. The summed E-state index contributed by atoms with van der Waals surface area (Å²) in [5.74, 6) is -2.64. The van der Waals surface area contributed by atoms with Crippen molar-refractivity contribution >= 4 is 45.5 Å². The molecule has 344 valence electrons. The first-order chi connectivity index (χ1) is 30.5. The van der Waals surface area contributed by atoms with Crippen LogP contribution in [0, 0.1) is 11.3 Å². The van der Waals surface area contributed by atoms with E-state index >= 15 is 4.79 Å². The Balaban J connectivity index is 1.10. The Hall–Kier alpha value is -5.25. The standard InChI is InChI=1S/C48H62N6O9S/c1-46(2,3)62-45(59)50-39(30-17-9-8-10-18-30)42(56)49-37-23-11-6-5-7-16-26-47(4)29-48(47,44(58)53-64(60,61)32-24-25-32)51-41(55)38-27-31(28-54(38)43(37)57)63-52-40-35-21-14-12-19-33(35)34-20-13-15-22-36(34)40/h12-16,19-22,26,30-32,37-39H,5-11,17-18,23-25,27-29H2,1-4H3,(H,49,56)(H,50,59)(H,51,55)(H,53,58)/b26-16-/t31-,37+,38+,39?,47-,48-/m1/s1. The van der Waals surface area contributed by atoms with E-state index < -0.39 is 85.8 Å². The van der Waals surface area contributed by atoms with Gasteiger partial charge in [-0.25, -0.2) is 13.2 Å². The Morgan fingerprint density at radius 3 is 2.14 bits per heavy atom. The third kappa shape index (κ3) is 9.57. The van der Waals surface area contributed by atoms with Crippen LogP contribution in [0.4, 0.5) is 4.79 Å². The molecule has 1 unspecified atom stereocenters. The van der Waals surface area contributed by atoms with Crippen LogP contribution in [0.25, 0.3) is 11.1 Å². The van der Waals surface area contributed by atoms with E-state index in [1.165, 1.54) is 4.90 Å². The summed E-state index contributed by atoms with van der Waals surface area (Å²) >= 11 is 0. The fraction of sp³-hybridized carbons (Fsp3) is 0.583. The maximum atomic E-state index is 15.1. The predicted octanol–water partition coefficient (Wildman–Crippen LogP) is 5.76. The van der Waals surface area contributed by atoms with Crippen LogP contribution in [0.5, 0.6) is 0 Å². The van der Waals surface area contributed by atoms with Crippen LogP contribution in [-0.2, 0) is 38.8 Å². The zero-order chi connectivity index (χ0) is 45.4. The number of carbonyl (C=O) groups excluding carboxylic acids is 5. The summed E-state index contributed by atoms with van der Waals surface area (Å²) in [6.07, 6.45) is 10.7. The van der Waals surface area contributed by atoms with E-state index in [0.717, 1.165) is 67.2 Å². The van der Waals surface area contributed by atoms with Crippen molar-refractivity contribution < 1.29 is 42.0 Å². The van der Waals surface area contributed by atoms with Crippen LogP contribution in [0.1, 0.15) is 129 Å². The third-order valence-electron chi connectivity index (χ3n) is 13.7. The van der Waals surface area contributed by atoms with Crippen LogP contribution in [-0.4, -0.2) is 95.9 Å². The zero-order valence-electron chi connectivity index (χ0n) is 37.3. The summed E-state index contributed by atoms with van der Waals surface area (Å²) < 4.78 is 34.0. The number of alkyl carbamates (subject to hydrolysis) is 1. The first-order valence-corrected chi connectivity index (χ1v) is 24.6. The quantitative estimate of drug-likeness (QED) is 0.152. The molecule has 8 rings (SSSR count). The Kier molecular flexibility index (Phi) is 12.7. The second-order valence-electron chi connectivity index (χ2n) is 19.8. The fourth-order valence-electron chi connectivity index (χ4n) is 10.00. The van der Waals surface area contributed by atoms with E-state index in [4.69, 9.17) is 9.57 Å². The summed E-state index contributed by atoms with van der Waals surface area (Å²) in [5.41, 5.74) is 1.12. The maximum Gasteiger partial charge on any atom is 0.408 e. The molecule has 4 N–H and O–H groups in total. The number of oxime groups is 1. The minimum Gasteiger partial charge on any atom is -0.444 e. The summed E-state index contributed by atoms with van der Waals surface area (Å²) in [6, 6.07) is 12.5. The highest BCUT2D eigenvalue weighted by atomic mass is 32.2. The third-order valence-corrected chi connectivity index (χ3v) is 15.6. The Morgan fingerprint density at radius 2 is 1.50 bits per heavy atom. The second kappa shape index (κ2) is 18.0. The van der Waals surface area contributed by atoms with Crippen molar-refractivity contribution in [3.63, 3.8) is 0 Å². The van der Waals surface area contributed by atoms with Gasteiger partial charge in [-0.05, 0) is 89.2 Å². The number of hydrogen-bond acceptors (Lipinski definition) is 10. The molecule has 0 radical (unpaired) electrons. The van der Waals surface area contributed by atoms with Gasteiger partial charge in [0.05, 0.1) is 11.8 Å². The van der Waals surface area contributed by atoms with Crippen LogP contribution in [0.15, 0.2) is 65.8 Å². The number of rotatable bonds is 9. The van der Waals surface area contributed by atoms with Crippen LogP contribution in [0.2, 0.25) is 0 Å². The van der Waals surface area contributed by atoms with E-state index in [1.54, 1.807) is 20.8 Å². The number of nitrogens with one attached hydrogen (secondary N) is 4. The van der Waals surface area contributed by atoms with Gasteiger partial charge in [0.2, 0.25) is 27.7 Å². The molecule has 2 heterocycles. The normalized spacial score (nSPS) is 28.3. The Bertz CT molecular complexity index is 2290. The first kappa shape index (κ1) is 45.3. The lowest BCUT2D eigenvalue weighted by atomic mass is 9.83. The molecule has 15 nitrogen and oxygen atoms in total. The Morgan fingerprint density at radius 1 is 0.875 bits per heavy atom. The topological polar surface area (TPSA) is 202 Å². The molecule has 5 amide bonds. The molecule has 0 spiro atoms. The highest BCUT2D eigenvalue weighted by Gasteiger charge is 2.70. The summed E-state index contributed by atoms with van der Waals surface area (Å²) in [7, 11) is -3.95. The Labute approximate surface area is 376 Å². The summed E-state index contributed by atoms with van der Waals surface area (Å²) in [5, 5.41) is 12.8. The number of benzene rings is 2. The van der Waals surface area contributed by atoms with Crippen LogP contribution < -0.4 is 20.7 Å². The van der Waals surface area contributed by atoms with Crippen LogP contribution in [0.3, 0.4) is 0 Å². The largest absolute Gasteiger partial charge is 0.444 e. The first-order valence-electron chi connectivity index (χ1n) is 23.1. The van der Waals surface area contributed by atoms with Crippen molar-refractivity contribution in [3.8, 4) is 11.1 Å². The van der Waals surface area contributed by atoms with Gasteiger partial charge >= 0.3 is 6.09 Å².